The normalized spacial score (nSPS) is 15.4. The van der Waals surface area contributed by atoms with Gasteiger partial charge in [0.05, 0.1) is 11.4 Å². The zero-order valence-electron chi connectivity index (χ0n) is 9.59. The van der Waals surface area contributed by atoms with Crippen LogP contribution in [0.5, 0.6) is 0 Å². The molecule has 4 nitrogen and oxygen atoms in total. The van der Waals surface area contributed by atoms with Crippen LogP contribution < -0.4 is 10.0 Å². The van der Waals surface area contributed by atoms with Crippen molar-refractivity contribution in [2.45, 2.75) is 12.8 Å². The Kier molecular flexibility index (Phi) is 3.11. The lowest BCUT2D eigenvalue weighted by molar-refractivity contribution is 0.589. The number of anilines is 2. The summed E-state index contributed by atoms with van der Waals surface area (Å²) in [6.07, 6.45) is 3.05. The zero-order chi connectivity index (χ0) is 12.5. The van der Waals surface area contributed by atoms with Gasteiger partial charge in [-0.25, -0.2) is 8.42 Å². The van der Waals surface area contributed by atoms with Crippen molar-refractivity contribution in [2.24, 2.45) is 0 Å². The van der Waals surface area contributed by atoms with E-state index in [1.807, 2.05) is 12.1 Å². The molecule has 1 aromatic carbocycles. The van der Waals surface area contributed by atoms with Crippen molar-refractivity contribution in [3.05, 3.63) is 36.4 Å². The SMILES string of the molecule is C=CCS(=O)(=O)N1CCCc2c(N)cccc21. The fraction of sp³-hybridized carbons (Fsp3) is 0.333. The predicted octanol–water partition coefficient (Wildman–Crippen LogP) is 1.54. The Labute approximate surface area is 102 Å². The maximum absolute atomic E-state index is 12.1. The third kappa shape index (κ3) is 2.15. The van der Waals surface area contributed by atoms with Gasteiger partial charge in [-0.15, -0.1) is 6.58 Å². The maximum Gasteiger partial charge on any atom is 0.238 e. The molecule has 0 atom stereocenters. The highest BCUT2D eigenvalue weighted by atomic mass is 32.2. The first-order valence-electron chi connectivity index (χ1n) is 5.55. The minimum Gasteiger partial charge on any atom is -0.398 e. The van der Waals surface area contributed by atoms with Gasteiger partial charge in [-0.05, 0) is 30.5 Å². The average Bonchev–Trinajstić information content (AvgIpc) is 2.29. The Bertz CT molecular complexity index is 537. The molecule has 0 aromatic heterocycles. The fourth-order valence-corrected chi connectivity index (χ4v) is 3.50. The summed E-state index contributed by atoms with van der Waals surface area (Å²) >= 11 is 0. The van der Waals surface area contributed by atoms with E-state index in [2.05, 4.69) is 6.58 Å². The van der Waals surface area contributed by atoms with E-state index in [0.29, 0.717) is 12.2 Å². The Balaban J connectivity index is 2.49. The van der Waals surface area contributed by atoms with Crippen LogP contribution in [0.15, 0.2) is 30.9 Å². The van der Waals surface area contributed by atoms with Crippen molar-refractivity contribution < 1.29 is 8.42 Å². The van der Waals surface area contributed by atoms with Crippen LogP contribution in [0.25, 0.3) is 0 Å². The van der Waals surface area contributed by atoms with E-state index in [-0.39, 0.29) is 5.75 Å². The topological polar surface area (TPSA) is 63.4 Å². The lowest BCUT2D eigenvalue weighted by Crippen LogP contribution is -2.36. The van der Waals surface area contributed by atoms with Gasteiger partial charge in [0.15, 0.2) is 0 Å². The molecular weight excluding hydrogens is 236 g/mol. The molecule has 0 saturated carbocycles. The van der Waals surface area contributed by atoms with E-state index in [1.54, 1.807) is 6.07 Å². The molecule has 1 aromatic rings. The lowest BCUT2D eigenvalue weighted by Gasteiger charge is -2.30. The number of rotatable bonds is 3. The summed E-state index contributed by atoms with van der Waals surface area (Å²) in [5.41, 5.74) is 8.20. The number of hydrogen-bond donors (Lipinski definition) is 1. The smallest absolute Gasteiger partial charge is 0.238 e. The Hall–Kier alpha value is -1.49. The maximum atomic E-state index is 12.1. The van der Waals surface area contributed by atoms with Crippen molar-refractivity contribution in [1.82, 2.24) is 0 Å². The first kappa shape index (κ1) is 12.0. The van der Waals surface area contributed by atoms with Crippen molar-refractivity contribution in [3.63, 3.8) is 0 Å². The van der Waals surface area contributed by atoms with Crippen LogP contribution in [-0.4, -0.2) is 20.7 Å². The molecule has 1 heterocycles. The number of nitrogens with two attached hydrogens (primary N) is 1. The highest BCUT2D eigenvalue weighted by molar-refractivity contribution is 7.92. The van der Waals surface area contributed by atoms with E-state index >= 15 is 0 Å². The second kappa shape index (κ2) is 4.41. The average molecular weight is 252 g/mol. The van der Waals surface area contributed by atoms with Crippen LogP contribution >= 0.6 is 0 Å². The summed E-state index contributed by atoms with van der Waals surface area (Å²) in [4.78, 5) is 0. The van der Waals surface area contributed by atoms with Gasteiger partial charge in [0, 0.05) is 12.2 Å². The molecule has 2 rings (SSSR count). The molecule has 2 N–H and O–H groups in total. The molecule has 0 unspecified atom stereocenters. The van der Waals surface area contributed by atoms with Gasteiger partial charge in [0.25, 0.3) is 0 Å². The van der Waals surface area contributed by atoms with Gasteiger partial charge in [-0.3, -0.25) is 4.31 Å². The van der Waals surface area contributed by atoms with Crippen LogP contribution in [0.2, 0.25) is 0 Å². The van der Waals surface area contributed by atoms with Crippen molar-refractivity contribution in [2.75, 3.05) is 22.3 Å². The first-order chi connectivity index (χ1) is 8.06. The zero-order valence-corrected chi connectivity index (χ0v) is 10.4. The number of fused-ring (bicyclic) bond motifs is 1. The molecule has 0 radical (unpaired) electrons. The van der Waals surface area contributed by atoms with E-state index < -0.39 is 10.0 Å². The summed E-state index contributed by atoms with van der Waals surface area (Å²) in [5, 5.41) is 0. The molecule has 1 aliphatic heterocycles. The second-order valence-corrected chi connectivity index (χ2v) is 6.03. The van der Waals surface area contributed by atoms with E-state index in [4.69, 9.17) is 5.73 Å². The van der Waals surface area contributed by atoms with Crippen LogP contribution in [0, 0.1) is 0 Å². The Morgan fingerprint density at radius 1 is 1.47 bits per heavy atom. The molecule has 0 fully saturated rings. The van der Waals surface area contributed by atoms with E-state index in [0.717, 1.165) is 24.1 Å². The summed E-state index contributed by atoms with van der Waals surface area (Å²) < 4.78 is 25.6. The lowest BCUT2D eigenvalue weighted by atomic mass is 10.0. The molecule has 0 spiro atoms. The van der Waals surface area contributed by atoms with Crippen LogP contribution in [0.4, 0.5) is 11.4 Å². The van der Waals surface area contributed by atoms with Gasteiger partial charge in [-0.1, -0.05) is 12.1 Å². The van der Waals surface area contributed by atoms with Crippen LogP contribution in [0.3, 0.4) is 0 Å². The molecule has 92 valence electrons. The van der Waals surface area contributed by atoms with Gasteiger partial charge < -0.3 is 5.73 Å². The highest BCUT2D eigenvalue weighted by Gasteiger charge is 2.27. The summed E-state index contributed by atoms with van der Waals surface area (Å²) in [6.45, 7) is 4.00. The Morgan fingerprint density at radius 2 is 2.24 bits per heavy atom. The predicted molar refractivity (Wildman–Crippen MR) is 70.5 cm³/mol. The fourth-order valence-electron chi connectivity index (χ4n) is 2.15. The molecule has 5 heteroatoms. The first-order valence-corrected chi connectivity index (χ1v) is 7.16. The van der Waals surface area contributed by atoms with Crippen LogP contribution in [-0.2, 0) is 16.4 Å². The minimum absolute atomic E-state index is 0.0404. The second-order valence-electron chi connectivity index (χ2n) is 4.09. The van der Waals surface area contributed by atoms with E-state index in [9.17, 15) is 8.42 Å². The number of nitrogen functional groups attached to an aromatic ring is 1. The number of benzene rings is 1. The third-order valence-corrected chi connectivity index (χ3v) is 4.62. The van der Waals surface area contributed by atoms with E-state index in [1.165, 1.54) is 10.4 Å². The van der Waals surface area contributed by atoms with Crippen molar-refractivity contribution >= 4 is 21.4 Å². The molecule has 0 bridgehead atoms. The molecule has 17 heavy (non-hydrogen) atoms. The van der Waals surface area contributed by atoms with Crippen LogP contribution in [0.1, 0.15) is 12.0 Å². The monoisotopic (exact) mass is 252 g/mol. The molecule has 0 aliphatic carbocycles. The van der Waals surface area contributed by atoms with Gasteiger partial charge in [0.1, 0.15) is 0 Å². The van der Waals surface area contributed by atoms with Gasteiger partial charge >= 0.3 is 0 Å². The van der Waals surface area contributed by atoms with Crippen molar-refractivity contribution in [3.8, 4) is 0 Å². The standard InChI is InChI=1S/C12H16N2O2S/c1-2-9-17(15,16)14-8-4-5-10-11(13)6-3-7-12(10)14/h2-3,6-7H,1,4-5,8-9,13H2. The van der Waals surface area contributed by atoms with Gasteiger partial charge in [-0.2, -0.15) is 0 Å². The number of nitrogens with zero attached hydrogens (tertiary/aromatic N) is 1. The molecule has 0 saturated heterocycles. The van der Waals surface area contributed by atoms with Gasteiger partial charge in [0.2, 0.25) is 10.0 Å². The summed E-state index contributed by atoms with van der Waals surface area (Å²) in [5.74, 6) is -0.0404. The largest absolute Gasteiger partial charge is 0.398 e. The molecular formula is C12H16N2O2S. The van der Waals surface area contributed by atoms with Crippen molar-refractivity contribution in [1.29, 1.82) is 0 Å². The minimum atomic E-state index is -3.30. The molecule has 1 aliphatic rings. The number of hydrogen-bond acceptors (Lipinski definition) is 3. The Morgan fingerprint density at radius 3 is 2.94 bits per heavy atom. The third-order valence-electron chi connectivity index (χ3n) is 2.91. The summed E-state index contributed by atoms with van der Waals surface area (Å²) in [7, 11) is -3.30. The summed E-state index contributed by atoms with van der Waals surface area (Å²) in [6, 6.07) is 5.41. The quantitative estimate of drug-likeness (QED) is 0.655. The highest BCUT2D eigenvalue weighted by Crippen LogP contribution is 2.33. The molecule has 0 amide bonds. The number of sulfonamides is 1.